The quantitative estimate of drug-likeness (QED) is 0.545. The number of benzene rings is 2. The summed E-state index contributed by atoms with van der Waals surface area (Å²) in [4.78, 5) is 2.70. The van der Waals surface area contributed by atoms with Crippen LogP contribution >= 0.6 is 11.8 Å². The van der Waals surface area contributed by atoms with Gasteiger partial charge in [0.1, 0.15) is 5.75 Å². The number of rotatable bonds is 6. The lowest BCUT2D eigenvalue weighted by atomic mass is 9.93. The summed E-state index contributed by atoms with van der Waals surface area (Å²) in [6, 6.07) is 8.14. The molecular weight excluding hydrogens is 484 g/mol. The molecule has 0 spiro atoms. The van der Waals surface area contributed by atoms with Crippen LogP contribution in [-0.2, 0) is 21.2 Å². The number of aryl methyl sites for hydroxylation is 2. The Kier molecular flexibility index (Phi) is 7.59. The van der Waals surface area contributed by atoms with E-state index in [9.17, 15) is 13.5 Å². The van der Waals surface area contributed by atoms with Crippen LogP contribution in [0.4, 0.5) is 5.69 Å². The number of thioether (sulfide) groups is 1. The van der Waals surface area contributed by atoms with Gasteiger partial charge in [0.25, 0.3) is 10.0 Å². The van der Waals surface area contributed by atoms with Gasteiger partial charge in [-0.1, -0.05) is 17.8 Å². The first-order valence-corrected chi connectivity index (χ1v) is 13.7. The minimum absolute atomic E-state index is 0.0447. The van der Waals surface area contributed by atoms with E-state index in [-0.39, 0.29) is 22.8 Å². The summed E-state index contributed by atoms with van der Waals surface area (Å²) in [6.07, 6.45) is 1.76. The highest BCUT2D eigenvalue weighted by atomic mass is 32.2. The molecule has 0 aromatic heterocycles. The van der Waals surface area contributed by atoms with Crippen molar-refractivity contribution in [3.63, 3.8) is 0 Å². The zero-order valence-corrected chi connectivity index (χ0v) is 22.0. The Labute approximate surface area is 211 Å². The number of methoxy groups -OCH3 is 1. The van der Waals surface area contributed by atoms with Crippen LogP contribution < -0.4 is 14.7 Å². The standard InChI is InChI=1S/C26H30N2O5S2/c1-17-15-18(2)25(28-10-12-33-13-11-28)19(3)22(17)16-24(29)26-23(9-14-34-26)27-35(30,31)21-7-5-20(32-4)6-8-21/h5-9,14-15,29H,10-13,16H2,1-4H3/p-1/b26-24-,27-23+. The summed E-state index contributed by atoms with van der Waals surface area (Å²) < 4.78 is 40.3. The van der Waals surface area contributed by atoms with Crippen LogP contribution in [0.25, 0.3) is 0 Å². The fourth-order valence-corrected chi connectivity index (χ4v) is 6.34. The van der Waals surface area contributed by atoms with Gasteiger partial charge in [0.2, 0.25) is 0 Å². The molecule has 0 bridgehead atoms. The Balaban J connectivity index is 1.66. The molecule has 186 valence electrons. The van der Waals surface area contributed by atoms with Gasteiger partial charge in [-0.15, -0.1) is 5.76 Å². The molecular formula is C26H29N2O5S2-. The maximum atomic E-state index is 13.4. The van der Waals surface area contributed by atoms with Crippen molar-refractivity contribution < 1.29 is 23.0 Å². The average molecular weight is 514 g/mol. The summed E-state index contributed by atoms with van der Waals surface area (Å²) in [7, 11) is -2.46. The number of morpholine rings is 1. The van der Waals surface area contributed by atoms with Gasteiger partial charge in [0.05, 0.1) is 30.9 Å². The molecule has 0 radical (unpaired) electrons. The molecule has 2 aromatic rings. The topological polar surface area (TPSA) is 91.3 Å². The average Bonchev–Trinajstić information content (AvgIpc) is 3.29. The molecule has 2 heterocycles. The van der Waals surface area contributed by atoms with Crippen molar-refractivity contribution in [2.24, 2.45) is 4.40 Å². The van der Waals surface area contributed by atoms with Crippen LogP contribution in [-0.4, -0.2) is 47.5 Å². The van der Waals surface area contributed by atoms with Crippen LogP contribution in [0.15, 0.2) is 61.8 Å². The van der Waals surface area contributed by atoms with Crippen molar-refractivity contribution in [1.82, 2.24) is 0 Å². The summed E-state index contributed by atoms with van der Waals surface area (Å²) in [5, 5.41) is 15.1. The van der Waals surface area contributed by atoms with E-state index >= 15 is 0 Å². The van der Waals surface area contributed by atoms with E-state index in [0.29, 0.717) is 23.9 Å². The monoisotopic (exact) mass is 513 g/mol. The van der Waals surface area contributed by atoms with E-state index in [1.165, 1.54) is 36.6 Å². The molecule has 7 nitrogen and oxygen atoms in total. The highest BCUT2D eigenvalue weighted by Crippen LogP contribution is 2.35. The molecule has 0 atom stereocenters. The second kappa shape index (κ2) is 10.5. The van der Waals surface area contributed by atoms with Crippen LogP contribution in [0.5, 0.6) is 5.75 Å². The van der Waals surface area contributed by atoms with Gasteiger partial charge < -0.3 is 19.5 Å². The summed E-state index contributed by atoms with van der Waals surface area (Å²) in [5.41, 5.74) is 5.60. The minimum Gasteiger partial charge on any atom is -0.874 e. The molecule has 2 aliphatic rings. The van der Waals surface area contributed by atoms with Crippen molar-refractivity contribution in [3.8, 4) is 5.75 Å². The van der Waals surface area contributed by atoms with Crippen molar-refractivity contribution in [2.45, 2.75) is 32.1 Å². The van der Waals surface area contributed by atoms with E-state index in [1.54, 1.807) is 23.6 Å². The van der Waals surface area contributed by atoms with Gasteiger partial charge in [-0.2, -0.15) is 12.8 Å². The lowest BCUT2D eigenvalue weighted by Gasteiger charge is -2.33. The number of anilines is 1. The molecule has 2 aromatic carbocycles. The smallest absolute Gasteiger partial charge is 0.282 e. The fraction of sp³-hybridized carbons (Fsp3) is 0.346. The third-order valence-electron chi connectivity index (χ3n) is 6.23. The van der Waals surface area contributed by atoms with Crippen molar-refractivity contribution in [2.75, 3.05) is 38.3 Å². The molecule has 4 rings (SSSR count). The molecule has 9 heteroatoms. The third kappa shape index (κ3) is 5.42. The molecule has 0 amide bonds. The first kappa shape index (κ1) is 25.3. The lowest BCUT2D eigenvalue weighted by molar-refractivity contribution is -0.305. The molecule has 1 saturated heterocycles. The maximum absolute atomic E-state index is 13.4. The molecule has 0 saturated carbocycles. The Morgan fingerprint density at radius 1 is 1.14 bits per heavy atom. The summed E-state index contributed by atoms with van der Waals surface area (Å²) in [6.45, 7) is 9.16. The van der Waals surface area contributed by atoms with Gasteiger partial charge in [0, 0.05) is 23.7 Å². The predicted octanol–water partition coefficient (Wildman–Crippen LogP) is 3.66. The van der Waals surface area contributed by atoms with E-state index in [0.717, 1.165) is 35.5 Å². The minimum atomic E-state index is -3.97. The highest BCUT2D eigenvalue weighted by Gasteiger charge is 2.21. The zero-order chi connectivity index (χ0) is 25.2. The molecule has 0 N–H and O–H groups in total. The molecule has 2 aliphatic heterocycles. The molecule has 35 heavy (non-hydrogen) atoms. The van der Waals surface area contributed by atoms with E-state index in [2.05, 4.69) is 29.2 Å². The van der Waals surface area contributed by atoms with Crippen LogP contribution in [0.2, 0.25) is 0 Å². The van der Waals surface area contributed by atoms with Gasteiger partial charge in [-0.25, -0.2) is 0 Å². The largest absolute Gasteiger partial charge is 0.874 e. The Bertz CT molecular complexity index is 1310. The van der Waals surface area contributed by atoms with Crippen molar-refractivity contribution in [3.05, 3.63) is 74.7 Å². The zero-order valence-electron chi connectivity index (χ0n) is 20.3. The SMILES string of the molecule is COc1ccc(S(=O)(=O)/N=C2\C=CS\C2=C(/[O-])Cc2c(C)cc(C)c(N3CCOCC3)c2C)cc1. The van der Waals surface area contributed by atoms with Gasteiger partial charge in [-0.3, -0.25) is 0 Å². The van der Waals surface area contributed by atoms with Crippen LogP contribution in [0, 0.1) is 20.8 Å². The number of nitrogens with zero attached hydrogens (tertiary/aromatic N) is 2. The lowest BCUT2D eigenvalue weighted by Crippen LogP contribution is -2.37. The first-order valence-electron chi connectivity index (χ1n) is 11.4. The molecule has 0 aliphatic carbocycles. The van der Waals surface area contributed by atoms with Crippen molar-refractivity contribution >= 4 is 33.2 Å². The number of sulfonamides is 1. The Morgan fingerprint density at radius 2 is 1.83 bits per heavy atom. The van der Waals surface area contributed by atoms with Crippen LogP contribution in [0.3, 0.4) is 0 Å². The third-order valence-corrected chi connectivity index (χ3v) is 8.48. The molecule has 1 fully saturated rings. The highest BCUT2D eigenvalue weighted by molar-refractivity contribution is 8.07. The second-order valence-corrected chi connectivity index (χ2v) is 11.1. The summed E-state index contributed by atoms with van der Waals surface area (Å²) >= 11 is 1.21. The summed E-state index contributed by atoms with van der Waals surface area (Å²) in [5.74, 6) is 0.405. The van der Waals surface area contributed by atoms with E-state index in [4.69, 9.17) is 9.47 Å². The van der Waals surface area contributed by atoms with Gasteiger partial charge >= 0.3 is 0 Å². The maximum Gasteiger partial charge on any atom is 0.282 e. The number of ether oxygens (including phenoxy) is 2. The predicted molar refractivity (Wildman–Crippen MR) is 139 cm³/mol. The van der Waals surface area contributed by atoms with E-state index < -0.39 is 10.0 Å². The van der Waals surface area contributed by atoms with Crippen LogP contribution in [0.1, 0.15) is 22.3 Å². The van der Waals surface area contributed by atoms with Gasteiger partial charge in [0.15, 0.2) is 0 Å². The van der Waals surface area contributed by atoms with Crippen molar-refractivity contribution in [1.29, 1.82) is 0 Å². The Hall–Kier alpha value is -2.75. The fourth-order valence-electron chi connectivity index (χ4n) is 4.51. The van der Waals surface area contributed by atoms with Gasteiger partial charge in [-0.05, 0) is 85.2 Å². The first-order chi connectivity index (χ1) is 16.7. The number of allylic oxidation sites excluding steroid dienone is 3. The van der Waals surface area contributed by atoms with E-state index in [1.807, 2.05) is 6.92 Å². The second-order valence-electron chi connectivity index (χ2n) is 8.54. The Morgan fingerprint density at radius 3 is 2.49 bits per heavy atom. The number of hydrogen-bond acceptors (Lipinski definition) is 7. The number of hydrogen-bond donors (Lipinski definition) is 0. The molecule has 0 unspecified atom stereocenters. The normalized spacial score (nSPS) is 18.9.